The van der Waals surface area contributed by atoms with Crippen molar-refractivity contribution in [3.63, 3.8) is 0 Å². The molecule has 4 atom stereocenters. The number of rotatable bonds is 10. The molecule has 0 bridgehead atoms. The Morgan fingerprint density at radius 2 is 1.72 bits per heavy atom. The van der Waals surface area contributed by atoms with Gasteiger partial charge in [0.2, 0.25) is 10.0 Å². The van der Waals surface area contributed by atoms with Crippen LogP contribution in [0, 0.1) is 6.92 Å². The van der Waals surface area contributed by atoms with Gasteiger partial charge in [-0.05, 0) is 35.7 Å². The Morgan fingerprint density at radius 3 is 2.44 bits per heavy atom. The number of halogens is 1. The zero-order chi connectivity index (χ0) is 25.7. The number of aliphatic hydroxyl groups excluding tert-OH is 1. The summed E-state index contributed by atoms with van der Waals surface area (Å²) in [5.74, 6) is -0.843. The third-order valence-corrected chi connectivity index (χ3v) is 7.95. The average molecular weight is 530 g/mol. The van der Waals surface area contributed by atoms with Crippen LogP contribution in [-0.2, 0) is 37.3 Å². The Balaban J connectivity index is 1.42. The second kappa shape index (κ2) is 11.5. The van der Waals surface area contributed by atoms with E-state index in [4.69, 9.17) is 21.1 Å². The predicted molar refractivity (Wildman–Crippen MR) is 136 cm³/mol. The van der Waals surface area contributed by atoms with Crippen LogP contribution in [0.15, 0.2) is 83.8 Å². The summed E-state index contributed by atoms with van der Waals surface area (Å²) in [6.45, 7) is 1.97. The Morgan fingerprint density at radius 1 is 1.06 bits per heavy atom. The largest absolute Gasteiger partial charge is 0.459 e. The van der Waals surface area contributed by atoms with Crippen LogP contribution in [-0.4, -0.2) is 43.7 Å². The van der Waals surface area contributed by atoms with Gasteiger partial charge in [0.25, 0.3) is 0 Å². The number of esters is 1. The molecule has 0 spiro atoms. The Hall–Kier alpha value is -2.75. The lowest BCUT2D eigenvalue weighted by Crippen LogP contribution is -2.40. The minimum Gasteiger partial charge on any atom is -0.459 e. The molecule has 0 fully saturated rings. The fourth-order valence-electron chi connectivity index (χ4n) is 4.09. The van der Waals surface area contributed by atoms with Crippen molar-refractivity contribution in [2.24, 2.45) is 0 Å². The normalized spacial score (nSPS) is 18.9. The number of ether oxygens (including phenoxy) is 2. The van der Waals surface area contributed by atoms with Gasteiger partial charge in [0.15, 0.2) is 5.38 Å². The van der Waals surface area contributed by atoms with Gasteiger partial charge >= 0.3 is 5.97 Å². The number of benzene rings is 3. The van der Waals surface area contributed by atoms with E-state index in [0.29, 0.717) is 6.42 Å². The molecule has 0 radical (unpaired) electrons. The van der Waals surface area contributed by atoms with Crippen LogP contribution < -0.4 is 4.72 Å². The molecule has 0 unspecified atom stereocenters. The van der Waals surface area contributed by atoms with Crippen LogP contribution in [0.25, 0.3) is 0 Å². The first-order chi connectivity index (χ1) is 17.2. The fourth-order valence-corrected chi connectivity index (χ4v) is 5.46. The maximum Gasteiger partial charge on any atom is 0.327 e. The number of carbonyl (C=O) groups excluding carboxylic acids is 1. The summed E-state index contributed by atoms with van der Waals surface area (Å²) >= 11 is 6.20. The number of sulfonamides is 1. The van der Waals surface area contributed by atoms with Crippen molar-refractivity contribution in [3.8, 4) is 0 Å². The highest BCUT2D eigenvalue weighted by atomic mass is 35.5. The number of nitrogens with one attached hydrogen (secondary N) is 1. The highest BCUT2D eigenvalue weighted by molar-refractivity contribution is 7.89. The standard InChI is InChI=1S/C27H28ClNO6S/c1-18-11-13-21(14-12-18)36(32,33)29-26-22-10-6-5-9-20(22)15-24(26)35-27(31)25(28)23(30)17-34-16-19-7-3-2-4-8-19/h2-14,23-26,29-30H,15-17H2,1H3/t23-,24-,25+,26+/m0/s1. The van der Waals surface area contributed by atoms with E-state index in [9.17, 15) is 18.3 Å². The Bertz CT molecular complexity index is 1280. The first-order valence-corrected chi connectivity index (χ1v) is 13.5. The highest BCUT2D eigenvalue weighted by Crippen LogP contribution is 2.35. The molecule has 0 aromatic heterocycles. The van der Waals surface area contributed by atoms with E-state index in [0.717, 1.165) is 22.3 Å². The molecule has 0 saturated heterocycles. The van der Waals surface area contributed by atoms with Gasteiger partial charge in [-0.1, -0.05) is 72.3 Å². The van der Waals surface area contributed by atoms with Gasteiger partial charge in [0, 0.05) is 6.42 Å². The molecule has 36 heavy (non-hydrogen) atoms. The number of hydrogen-bond acceptors (Lipinski definition) is 6. The number of alkyl halides is 1. The monoisotopic (exact) mass is 529 g/mol. The maximum absolute atomic E-state index is 13.1. The quantitative estimate of drug-likeness (QED) is 0.307. The van der Waals surface area contributed by atoms with Crippen LogP contribution in [0.3, 0.4) is 0 Å². The maximum atomic E-state index is 13.1. The molecule has 3 aromatic rings. The Labute approximate surface area is 216 Å². The smallest absolute Gasteiger partial charge is 0.327 e. The van der Waals surface area contributed by atoms with Gasteiger partial charge in [0.05, 0.1) is 24.2 Å². The molecule has 9 heteroatoms. The second-order valence-electron chi connectivity index (χ2n) is 8.76. The second-order valence-corrected chi connectivity index (χ2v) is 10.9. The van der Waals surface area contributed by atoms with E-state index in [2.05, 4.69) is 4.72 Å². The summed E-state index contributed by atoms with van der Waals surface area (Å²) in [6.07, 6.45) is -1.81. The highest BCUT2D eigenvalue weighted by Gasteiger charge is 2.39. The van der Waals surface area contributed by atoms with Gasteiger partial charge < -0.3 is 14.6 Å². The summed E-state index contributed by atoms with van der Waals surface area (Å²) in [5.41, 5.74) is 3.45. The topological polar surface area (TPSA) is 102 Å². The zero-order valence-electron chi connectivity index (χ0n) is 19.7. The molecule has 1 aliphatic carbocycles. The molecule has 4 rings (SSSR count). The van der Waals surface area contributed by atoms with Gasteiger partial charge in [-0.15, -0.1) is 11.6 Å². The lowest BCUT2D eigenvalue weighted by atomic mass is 10.1. The number of carbonyl (C=O) groups is 1. The summed E-state index contributed by atoms with van der Waals surface area (Å²) in [7, 11) is -3.89. The average Bonchev–Trinajstić information content (AvgIpc) is 3.20. The van der Waals surface area contributed by atoms with Crippen molar-refractivity contribution in [3.05, 3.63) is 101 Å². The molecule has 190 valence electrons. The van der Waals surface area contributed by atoms with Gasteiger partial charge in [-0.25, -0.2) is 8.42 Å². The van der Waals surface area contributed by atoms with Crippen LogP contribution in [0.5, 0.6) is 0 Å². The van der Waals surface area contributed by atoms with Crippen LogP contribution in [0.4, 0.5) is 0 Å². The van der Waals surface area contributed by atoms with Crippen molar-refractivity contribution in [1.82, 2.24) is 4.72 Å². The van der Waals surface area contributed by atoms with E-state index < -0.39 is 39.6 Å². The summed E-state index contributed by atoms with van der Waals surface area (Å²) in [5, 5.41) is 8.99. The fraction of sp³-hybridized carbons (Fsp3) is 0.296. The molecule has 0 aliphatic heterocycles. The lowest BCUT2D eigenvalue weighted by molar-refractivity contribution is -0.152. The predicted octanol–water partition coefficient (Wildman–Crippen LogP) is 3.67. The molecular formula is C27H28ClNO6S. The van der Waals surface area contributed by atoms with E-state index in [1.165, 1.54) is 12.1 Å². The third-order valence-electron chi connectivity index (χ3n) is 6.03. The van der Waals surface area contributed by atoms with E-state index in [1.54, 1.807) is 24.3 Å². The van der Waals surface area contributed by atoms with Crippen molar-refractivity contribution >= 4 is 27.6 Å². The van der Waals surface area contributed by atoms with E-state index >= 15 is 0 Å². The van der Waals surface area contributed by atoms with E-state index in [1.807, 2.05) is 49.4 Å². The number of fused-ring (bicyclic) bond motifs is 1. The van der Waals surface area contributed by atoms with E-state index in [-0.39, 0.29) is 18.1 Å². The van der Waals surface area contributed by atoms with Gasteiger partial charge in [-0.2, -0.15) is 4.72 Å². The van der Waals surface area contributed by atoms with Crippen molar-refractivity contribution in [2.75, 3.05) is 6.61 Å². The van der Waals surface area contributed by atoms with Crippen molar-refractivity contribution < 1.29 is 27.8 Å². The van der Waals surface area contributed by atoms with Crippen LogP contribution >= 0.6 is 11.6 Å². The zero-order valence-corrected chi connectivity index (χ0v) is 21.3. The summed E-state index contributed by atoms with van der Waals surface area (Å²) < 4.78 is 40.0. The molecule has 0 heterocycles. The van der Waals surface area contributed by atoms with Crippen LogP contribution in [0.2, 0.25) is 0 Å². The Kier molecular flexibility index (Phi) is 8.43. The lowest BCUT2D eigenvalue weighted by Gasteiger charge is -2.24. The van der Waals surface area contributed by atoms with Crippen LogP contribution in [0.1, 0.15) is 28.3 Å². The molecule has 0 amide bonds. The molecular weight excluding hydrogens is 502 g/mol. The molecule has 3 aromatic carbocycles. The first kappa shape index (κ1) is 26.3. The minimum atomic E-state index is -3.89. The SMILES string of the molecule is Cc1ccc(S(=O)(=O)N[C@@H]2c3ccccc3C[C@@H]2OC(=O)[C@H](Cl)[C@@H](O)COCc2ccccc2)cc1. The summed E-state index contributed by atoms with van der Waals surface area (Å²) in [6, 6.07) is 22.4. The minimum absolute atomic E-state index is 0.115. The molecule has 0 saturated carbocycles. The molecule has 7 nitrogen and oxygen atoms in total. The van der Waals surface area contributed by atoms with Crippen molar-refractivity contribution in [1.29, 1.82) is 0 Å². The molecule has 1 aliphatic rings. The number of aliphatic hydroxyl groups is 1. The van der Waals surface area contributed by atoms with Gasteiger partial charge in [-0.3, -0.25) is 4.79 Å². The summed E-state index contributed by atoms with van der Waals surface area (Å²) in [4.78, 5) is 12.9. The third kappa shape index (κ3) is 6.32. The number of hydrogen-bond donors (Lipinski definition) is 2. The van der Waals surface area contributed by atoms with Gasteiger partial charge in [0.1, 0.15) is 12.2 Å². The molecule has 2 N–H and O–H groups in total. The number of aryl methyl sites for hydroxylation is 1. The van der Waals surface area contributed by atoms with Crippen molar-refractivity contribution in [2.45, 2.75) is 48.5 Å². The first-order valence-electron chi connectivity index (χ1n) is 11.6.